The van der Waals surface area contributed by atoms with Crippen molar-refractivity contribution >= 4 is 11.6 Å². The summed E-state index contributed by atoms with van der Waals surface area (Å²) in [4.78, 5) is 29.8. The van der Waals surface area contributed by atoms with E-state index >= 15 is 0 Å². The third-order valence-corrected chi connectivity index (χ3v) is 4.26. The number of carbonyl (C=O) groups excluding carboxylic acids is 1. The summed E-state index contributed by atoms with van der Waals surface area (Å²) in [6.45, 7) is 8.18. The molecule has 3 rings (SSSR count). The molecule has 2 heterocycles. The largest absolute Gasteiger partial charge is 0.488 e. The summed E-state index contributed by atoms with van der Waals surface area (Å²) in [5, 5.41) is 0. The third kappa shape index (κ3) is 3.45. The van der Waals surface area contributed by atoms with Crippen LogP contribution >= 0.6 is 0 Å². The first-order valence-electron chi connectivity index (χ1n) is 8.78. The van der Waals surface area contributed by atoms with Gasteiger partial charge in [0.1, 0.15) is 5.75 Å². The molecule has 0 saturated carbocycles. The predicted octanol–water partition coefficient (Wildman–Crippen LogP) is 3.18. The standard InChI is InChI=1S/C20H24N2O4/c1-5-8-25-18-11-21-14(10-16(18)23)12-22-15-9-13(2)6-7-17(15)26-20(3,4)19(22)24/h6-7,9-11H,5,8,12H2,1-4H3,(H,21,23). The molecule has 6 nitrogen and oxygen atoms in total. The number of aryl methyl sites for hydroxylation is 1. The van der Waals surface area contributed by atoms with Gasteiger partial charge in [-0.05, 0) is 44.9 Å². The Balaban J connectivity index is 1.93. The molecule has 0 aliphatic carbocycles. The molecule has 1 aromatic heterocycles. The van der Waals surface area contributed by atoms with E-state index < -0.39 is 5.60 Å². The summed E-state index contributed by atoms with van der Waals surface area (Å²) in [5.41, 5.74) is 1.21. The lowest BCUT2D eigenvalue weighted by atomic mass is 10.0. The molecule has 0 spiro atoms. The number of anilines is 1. The van der Waals surface area contributed by atoms with Crippen molar-refractivity contribution in [3.63, 3.8) is 0 Å². The van der Waals surface area contributed by atoms with Gasteiger partial charge in [0.15, 0.2) is 11.4 Å². The molecule has 2 aromatic rings. The molecule has 1 amide bonds. The number of fused-ring (bicyclic) bond motifs is 1. The van der Waals surface area contributed by atoms with E-state index in [0.717, 1.165) is 12.0 Å². The van der Waals surface area contributed by atoms with Crippen LogP contribution in [0, 0.1) is 6.92 Å². The Morgan fingerprint density at radius 1 is 1.23 bits per heavy atom. The highest BCUT2D eigenvalue weighted by molar-refractivity contribution is 6.02. The lowest BCUT2D eigenvalue weighted by Crippen LogP contribution is -2.52. The summed E-state index contributed by atoms with van der Waals surface area (Å²) < 4.78 is 11.3. The highest BCUT2D eigenvalue weighted by Crippen LogP contribution is 2.38. The van der Waals surface area contributed by atoms with E-state index in [1.54, 1.807) is 24.9 Å². The highest BCUT2D eigenvalue weighted by atomic mass is 16.5. The van der Waals surface area contributed by atoms with Gasteiger partial charge in [0.2, 0.25) is 5.43 Å². The second kappa shape index (κ2) is 6.86. The van der Waals surface area contributed by atoms with Crippen molar-refractivity contribution in [2.75, 3.05) is 11.5 Å². The van der Waals surface area contributed by atoms with E-state index in [2.05, 4.69) is 4.98 Å². The fourth-order valence-electron chi connectivity index (χ4n) is 2.92. The topological polar surface area (TPSA) is 71.6 Å². The second-order valence-corrected chi connectivity index (χ2v) is 7.01. The molecule has 26 heavy (non-hydrogen) atoms. The van der Waals surface area contributed by atoms with Crippen LogP contribution < -0.4 is 19.8 Å². The van der Waals surface area contributed by atoms with E-state index in [1.807, 2.05) is 32.0 Å². The van der Waals surface area contributed by atoms with Crippen LogP contribution in [0.5, 0.6) is 11.5 Å². The van der Waals surface area contributed by atoms with Crippen LogP contribution in [0.1, 0.15) is 38.4 Å². The highest BCUT2D eigenvalue weighted by Gasteiger charge is 2.41. The normalized spacial score (nSPS) is 15.4. The van der Waals surface area contributed by atoms with Crippen molar-refractivity contribution in [2.45, 2.75) is 46.3 Å². The average Bonchev–Trinajstić information content (AvgIpc) is 2.59. The number of rotatable bonds is 5. The Morgan fingerprint density at radius 3 is 2.69 bits per heavy atom. The van der Waals surface area contributed by atoms with Gasteiger partial charge in [-0.25, -0.2) is 0 Å². The lowest BCUT2D eigenvalue weighted by molar-refractivity contribution is -0.132. The van der Waals surface area contributed by atoms with E-state index in [0.29, 0.717) is 29.5 Å². The molecule has 138 valence electrons. The van der Waals surface area contributed by atoms with E-state index in [1.165, 1.54) is 6.07 Å². The number of hydrogen-bond acceptors (Lipinski definition) is 4. The maximum absolute atomic E-state index is 12.9. The van der Waals surface area contributed by atoms with Crippen LogP contribution in [0.2, 0.25) is 0 Å². The third-order valence-electron chi connectivity index (χ3n) is 4.26. The van der Waals surface area contributed by atoms with Gasteiger partial charge in [0.05, 0.1) is 18.8 Å². The fourth-order valence-corrected chi connectivity index (χ4v) is 2.92. The maximum Gasteiger partial charge on any atom is 0.271 e. The molecule has 0 unspecified atom stereocenters. The molecule has 0 saturated heterocycles. The number of benzene rings is 1. The number of H-pyrrole nitrogens is 1. The first kappa shape index (κ1) is 18.0. The van der Waals surface area contributed by atoms with Gasteiger partial charge in [0.25, 0.3) is 5.91 Å². The Kier molecular flexibility index (Phi) is 4.76. The number of ether oxygens (including phenoxy) is 2. The quantitative estimate of drug-likeness (QED) is 0.893. The zero-order valence-electron chi connectivity index (χ0n) is 15.6. The molecular weight excluding hydrogens is 332 g/mol. The van der Waals surface area contributed by atoms with Gasteiger partial charge in [-0.1, -0.05) is 13.0 Å². The van der Waals surface area contributed by atoms with Crippen molar-refractivity contribution in [2.24, 2.45) is 0 Å². The Morgan fingerprint density at radius 2 is 2.00 bits per heavy atom. The van der Waals surface area contributed by atoms with Crippen LogP contribution in [0.25, 0.3) is 0 Å². The Labute approximate surface area is 152 Å². The van der Waals surface area contributed by atoms with Crippen LogP contribution in [0.3, 0.4) is 0 Å². The number of nitrogens with one attached hydrogen (secondary N) is 1. The van der Waals surface area contributed by atoms with Crippen LogP contribution in [0.4, 0.5) is 5.69 Å². The van der Waals surface area contributed by atoms with E-state index in [9.17, 15) is 9.59 Å². The first-order valence-corrected chi connectivity index (χ1v) is 8.78. The minimum Gasteiger partial charge on any atom is -0.488 e. The molecule has 0 radical (unpaired) electrons. The van der Waals surface area contributed by atoms with Gasteiger partial charge in [-0.2, -0.15) is 0 Å². The van der Waals surface area contributed by atoms with Gasteiger partial charge in [-0.15, -0.1) is 0 Å². The van der Waals surface area contributed by atoms with Gasteiger partial charge in [-0.3, -0.25) is 14.5 Å². The molecule has 0 fully saturated rings. The average molecular weight is 356 g/mol. The summed E-state index contributed by atoms with van der Waals surface area (Å²) in [5.74, 6) is 0.800. The van der Waals surface area contributed by atoms with Crippen molar-refractivity contribution < 1.29 is 14.3 Å². The van der Waals surface area contributed by atoms with Crippen molar-refractivity contribution in [1.29, 1.82) is 0 Å². The molecule has 1 N–H and O–H groups in total. The minimum atomic E-state index is -0.966. The zero-order chi connectivity index (χ0) is 18.9. The van der Waals surface area contributed by atoms with Gasteiger partial charge in [0, 0.05) is 18.0 Å². The summed E-state index contributed by atoms with van der Waals surface area (Å²) in [7, 11) is 0. The predicted molar refractivity (Wildman–Crippen MR) is 99.9 cm³/mol. The molecule has 0 atom stereocenters. The van der Waals surface area contributed by atoms with Crippen molar-refractivity contribution in [1.82, 2.24) is 4.98 Å². The van der Waals surface area contributed by atoms with Crippen LogP contribution in [-0.2, 0) is 11.3 Å². The Hall–Kier alpha value is -2.76. The first-order chi connectivity index (χ1) is 12.3. The summed E-state index contributed by atoms with van der Waals surface area (Å²) >= 11 is 0. The second-order valence-electron chi connectivity index (χ2n) is 7.01. The maximum atomic E-state index is 12.9. The number of pyridine rings is 1. The van der Waals surface area contributed by atoms with Gasteiger partial charge < -0.3 is 14.5 Å². The molecular formula is C20H24N2O4. The lowest BCUT2D eigenvalue weighted by Gasteiger charge is -2.38. The number of hydrogen-bond donors (Lipinski definition) is 1. The van der Waals surface area contributed by atoms with Crippen LogP contribution in [0.15, 0.2) is 35.3 Å². The molecule has 1 aliphatic rings. The van der Waals surface area contributed by atoms with Gasteiger partial charge >= 0.3 is 0 Å². The zero-order valence-corrected chi connectivity index (χ0v) is 15.6. The molecule has 0 bridgehead atoms. The molecule has 1 aromatic carbocycles. The molecule has 1 aliphatic heterocycles. The number of nitrogens with zero attached hydrogens (tertiary/aromatic N) is 1. The Bertz CT molecular complexity index is 886. The SMILES string of the molecule is CCCOc1c[nH]c(CN2C(=O)C(C)(C)Oc3ccc(C)cc32)cc1=O. The molecule has 6 heteroatoms. The van der Waals surface area contributed by atoms with Crippen molar-refractivity contribution in [3.05, 3.63) is 51.9 Å². The fraction of sp³-hybridized carbons (Fsp3) is 0.400. The number of carbonyl (C=O) groups is 1. The smallest absolute Gasteiger partial charge is 0.271 e. The number of amides is 1. The minimum absolute atomic E-state index is 0.150. The van der Waals surface area contributed by atoms with Crippen LogP contribution in [-0.4, -0.2) is 23.1 Å². The number of aromatic amines is 1. The van der Waals surface area contributed by atoms with E-state index in [-0.39, 0.29) is 17.9 Å². The van der Waals surface area contributed by atoms with E-state index in [4.69, 9.17) is 9.47 Å². The monoisotopic (exact) mass is 356 g/mol. The summed E-state index contributed by atoms with van der Waals surface area (Å²) in [6.07, 6.45) is 2.38. The van der Waals surface area contributed by atoms with Crippen molar-refractivity contribution in [3.8, 4) is 11.5 Å². The summed E-state index contributed by atoms with van der Waals surface area (Å²) in [6, 6.07) is 7.22. The number of aromatic nitrogens is 1.